The molecule has 0 saturated heterocycles. The van der Waals surface area contributed by atoms with E-state index in [1.54, 1.807) is 12.6 Å². The van der Waals surface area contributed by atoms with Crippen molar-refractivity contribution < 1.29 is 0 Å². The summed E-state index contributed by atoms with van der Waals surface area (Å²) in [6.07, 6.45) is 3.32. The van der Waals surface area contributed by atoms with Gasteiger partial charge in [0.15, 0.2) is 0 Å². The molecular formula is C3H5LiN2. The number of hydrogen-bond acceptors (Lipinski definition) is 2. The van der Waals surface area contributed by atoms with Crippen molar-refractivity contribution in [3.8, 4) is 0 Å². The van der Waals surface area contributed by atoms with Crippen molar-refractivity contribution in [2.45, 2.75) is 0 Å². The fraction of sp³-hybridized carbons (Fsp3) is 0.333. The van der Waals surface area contributed by atoms with Gasteiger partial charge in [0.25, 0.3) is 0 Å². The molecule has 0 saturated carbocycles. The van der Waals surface area contributed by atoms with Crippen LogP contribution in [0.3, 0.4) is 0 Å². The minimum atomic E-state index is 0. The first-order valence-electron chi connectivity index (χ1n) is 1.50. The molecule has 0 radical (unpaired) electrons. The van der Waals surface area contributed by atoms with Gasteiger partial charge < -0.3 is 0 Å². The van der Waals surface area contributed by atoms with E-state index in [0.29, 0.717) is 0 Å². The quantitative estimate of drug-likeness (QED) is 0.346. The molecule has 0 aromatic rings. The van der Waals surface area contributed by atoms with E-state index in [0.717, 1.165) is 6.54 Å². The summed E-state index contributed by atoms with van der Waals surface area (Å²) in [5.74, 6) is 0. The second-order valence-corrected chi connectivity index (χ2v) is 0.812. The van der Waals surface area contributed by atoms with Gasteiger partial charge in [0, 0.05) is 6.21 Å². The standard InChI is InChI=1S/C3H4N2.Li.H/c1-2-5-3-4-1;;/h1,3H,2H2;;. The first kappa shape index (κ1) is 5.94. The Balaban J connectivity index is 0.000000250. The van der Waals surface area contributed by atoms with Crippen LogP contribution in [-0.4, -0.2) is 38.0 Å². The summed E-state index contributed by atoms with van der Waals surface area (Å²) in [5, 5.41) is 0. The van der Waals surface area contributed by atoms with Crippen LogP contribution in [-0.2, 0) is 0 Å². The first-order chi connectivity index (χ1) is 2.50. The predicted molar refractivity (Wildman–Crippen MR) is 29.0 cm³/mol. The first-order valence-corrected chi connectivity index (χ1v) is 1.50. The normalized spacial score (nSPS) is 14.7. The van der Waals surface area contributed by atoms with Crippen LogP contribution < -0.4 is 0 Å². The van der Waals surface area contributed by atoms with Crippen molar-refractivity contribution in [1.29, 1.82) is 0 Å². The minimum absolute atomic E-state index is 0. The second-order valence-electron chi connectivity index (χ2n) is 0.812. The van der Waals surface area contributed by atoms with E-state index in [-0.39, 0.29) is 18.9 Å². The van der Waals surface area contributed by atoms with Crippen LogP contribution in [0.15, 0.2) is 9.98 Å². The molecule has 0 amide bonds. The molecule has 28 valence electrons. The van der Waals surface area contributed by atoms with Gasteiger partial charge in [0.05, 0.1) is 6.54 Å². The summed E-state index contributed by atoms with van der Waals surface area (Å²) in [5.41, 5.74) is 0. The zero-order valence-corrected chi connectivity index (χ0v) is 2.76. The molecular weight excluding hydrogens is 71.0 g/mol. The third-order valence-electron chi connectivity index (χ3n) is 0.441. The molecule has 0 aliphatic carbocycles. The number of rotatable bonds is 0. The molecule has 6 heavy (non-hydrogen) atoms. The van der Waals surface area contributed by atoms with E-state index >= 15 is 0 Å². The zero-order chi connectivity index (χ0) is 3.54. The molecule has 0 spiro atoms. The van der Waals surface area contributed by atoms with Crippen molar-refractivity contribution in [2.75, 3.05) is 6.54 Å². The van der Waals surface area contributed by atoms with Gasteiger partial charge in [-0.15, -0.1) is 0 Å². The van der Waals surface area contributed by atoms with Crippen LogP contribution in [0.5, 0.6) is 0 Å². The van der Waals surface area contributed by atoms with E-state index in [1.165, 1.54) is 0 Å². The maximum absolute atomic E-state index is 3.74. The molecule has 0 N–H and O–H groups in total. The third kappa shape index (κ3) is 1.39. The van der Waals surface area contributed by atoms with Crippen molar-refractivity contribution in [3.05, 3.63) is 0 Å². The molecule has 0 unspecified atom stereocenters. The topological polar surface area (TPSA) is 24.7 Å². The van der Waals surface area contributed by atoms with Gasteiger partial charge in [0.1, 0.15) is 6.34 Å². The molecule has 1 aliphatic rings. The molecule has 2 nitrogen and oxygen atoms in total. The maximum atomic E-state index is 3.74. The van der Waals surface area contributed by atoms with Gasteiger partial charge in [-0.05, 0) is 0 Å². The summed E-state index contributed by atoms with van der Waals surface area (Å²) < 4.78 is 0. The molecule has 0 aromatic carbocycles. The number of nitrogens with zero attached hydrogens (tertiary/aromatic N) is 2. The summed E-state index contributed by atoms with van der Waals surface area (Å²) in [7, 11) is 0. The van der Waals surface area contributed by atoms with Crippen molar-refractivity contribution in [3.63, 3.8) is 0 Å². The Morgan fingerprint density at radius 3 is 2.50 bits per heavy atom. The van der Waals surface area contributed by atoms with Crippen LogP contribution in [0, 0.1) is 0 Å². The predicted octanol–water partition coefficient (Wildman–Crippen LogP) is -0.549. The van der Waals surface area contributed by atoms with E-state index < -0.39 is 0 Å². The van der Waals surface area contributed by atoms with Crippen molar-refractivity contribution in [1.82, 2.24) is 0 Å². The zero-order valence-electron chi connectivity index (χ0n) is 2.76. The van der Waals surface area contributed by atoms with Crippen LogP contribution in [0.4, 0.5) is 0 Å². The van der Waals surface area contributed by atoms with Gasteiger partial charge in [-0.2, -0.15) is 0 Å². The summed E-state index contributed by atoms with van der Waals surface area (Å²) in [4.78, 5) is 7.40. The van der Waals surface area contributed by atoms with Crippen molar-refractivity contribution in [2.24, 2.45) is 9.98 Å². The van der Waals surface area contributed by atoms with E-state index in [9.17, 15) is 0 Å². The van der Waals surface area contributed by atoms with Crippen LogP contribution in [0.25, 0.3) is 0 Å². The second kappa shape index (κ2) is 3.14. The number of hydrogen-bond donors (Lipinski definition) is 0. The molecule has 1 aliphatic heterocycles. The third-order valence-corrected chi connectivity index (χ3v) is 0.441. The molecule has 0 fully saturated rings. The molecule has 0 aromatic heterocycles. The number of aliphatic imine (C=N–C) groups is 2. The molecule has 3 heteroatoms. The summed E-state index contributed by atoms with van der Waals surface area (Å²) in [6, 6.07) is 0. The molecule has 0 bridgehead atoms. The van der Waals surface area contributed by atoms with E-state index in [2.05, 4.69) is 9.98 Å². The Hall–Kier alpha value is -0.0626. The fourth-order valence-corrected chi connectivity index (χ4v) is 0.236. The molecule has 0 atom stereocenters. The van der Waals surface area contributed by atoms with E-state index in [4.69, 9.17) is 0 Å². The average molecular weight is 76.0 g/mol. The Labute approximate surface area is 48.6 Å². The van der Waals surface area contributed by atoms with Crippen LogP contribution in [0.1, 0.15) is 0 Å². The summed E-state index contributed by atoms with van der Waals surface area (Å²) >= 11 is 0. The van der Waals surface area contributed by atoms with Crippen molar-refractivity contribution >= 4 is 31.4 Å². The van der Waals surface area contributed by atoms with Gasteiger partial charge in [-0.3, -0.25) is 4.99 Å². The van der Waals surface area contributed by atoms with Crippen LogP contribution >= 0.6 is 0 Å². The van der Waals surface area contributed by atoms with Gasteiger partial charge in [-0.25, -0.2) is 4.99 Å². The summed E-state index contributed by atoms with van der Waals surface area (Å²) in [6.45, 7) is 0.778. The Morgan fingerprint density at radius 2 is 2.33 bits per heavy atom. The van der Waals surface area contributed by atoms with Gasteiger partial charge in [-0.1, -0.05) is 0 Å². The SMILES string of the molecule is C1=NC=NC1.[LiH]. The fourth-order valence-electron chi connectivity index (χ4n) is 0.236. The Morgan fingerprint density at radius 1 is 1.50 bits per heavy atom. The van der Waals surface area contributed by atoms with Gasteiger partial charge >= 0.3 is 18.9 Å². The van der Waals surface area contributed by atoms with Gasteiger partial charge in [0.2, 0.25) is 0 Å². The Bertz CT molecular complexity index is 66.9. The average Bonchev–Trinajstić information content (AvgIpc) is 1.76. The Kier molecular flexibility index (Phi) is 3.11. The van der Waals surface area contributed by atoms with E-state index in [1.807, 2.05) is 0 Å². The monoisotopic (exact) mass is 76.1 g/mol. The van der Waals surface area contributed by atoms with Crippen LogP contribution in [0.2, 0.25) is 0 Å². The molecule has 1 heterocycles. The molecule has 1 rings (SSSR count).